The Labute approximate surface area is 67.8 Å². The Morgan fingerprint density at radius 3 is 3.00 bits per heavy atom. The molecular formula is C10H13N. The summed E-state index contributed by atoms with van der Waals surface area (Å²) >= 11 is 0. The number of nitrogens with zero attached hydrogens (tertiary/aromatic N) is 1. The van der Waals surface area contributed by atoms with Crippen molar-refractivity contribution in [1.29, 1.82) is 0 Å². The van der Waals surface area contributed by atoms with E-state index in [1.54, 1.807) is 7.05 Å². The van der Waals surface area contributed by atoms with Crippen LogP contribution in [0.2, 0.25) is 0 Å². The minimum atomic E-state index is 1.04. The molecule has 0 aromatic heterocycles. The Morgan fingerprint density at radius 2 is 2.27 bits per heavy atom. The van der Waals surface area contributed by atoms with Crippen LogP contribution >= 0.6 is 0 Å². The summed E-state index contributed by atoms with van der Waals surface area (Å²) in [4.78, 5) is 3.99. The summed E-state index contributed by atoms with van der Waals surface area (Å²) in [5.74, 6) is 0. The molecular weight excluding hydrogens is 134 g/mol. The fourth-order valence-corrected chi connectivity index (χ4v) is 1.04. The van der Waals surface area contributed by atoms with Gasteiger partial charge in [0.2, 0.25) is 0 Å². The molecule has 0 aliphatic heterocycles. The minimum Gasteiger partial charge on any atom is -0.296 e. The quantitative estimate of drug-likeness (QED) is 0.505. The lowest BCUT2D eigenvalue weighted by Gasteiger charge is -1.97. The second-order valence-electron chi connectivity index (χ2n) is 2.61. The van der Waals surface area contributed by atoms with Crippen LogP contribution < -0.4 is 0 Å². The lowest BCUT2D eigenvalue weighted by molar-refractivity contribution is 1.20. The smallest absolute Gasteiger partial charge is 0.0280 e. The average Bonchev–Trinajstić information content (AvgIpc) is 2.18. The SMILES string of the molecule is CN=CC1=C(C)CC=CC=C1. The van der Waals surface area contributed by atoms with Gasteiger partial charge in [0.05, 0.1) is 0 Å². The number of hydrogen-bond donors (Lipinski definition) is 0. The van der Waals surface area contributed by atoms with E-state index in [1.807, 2.05) is 12.3 Å². The second kappa shape index (κ2) is 3.91. The van der Waals surface area contributed by atoms with Gasteiger partial charge in [-0.05, 0) is 18.9 Å². The van der Waals surface area contributed by atoms with Crippen LogP contribution in [0, 0.1) is 0 Å². The van der Waals surface area contributed by atoms with Gasteiger partial charge in [-0.25, -0.2) is 0 Å². The summed E-state index contributed by atoms with van der Waals surface area (Å²) in [7, 11) is 1.80. The predicted octanol–water partition coefficient (Wildman–Crippen LogP) is 2.52. The maximum absolute atomic E-state index is 3.99. The van der Waals surface area contributed by atoms with Gasteiger partial charge in [0.1, 0.15) is 0 Å². The molecule has 0 aromatic rings. The summed E-state index contributed by atoms with van der Waals surface area (Å²) in [6.07, 6.45) is 11.3. The highest BCUT2D eigenvalue weighted by atomic mass is 14.6. The molecule has 0 saturated carbocycles. The lowest BCUT2D eigenvalue weighted by Crippen LogP contribution is -1.84. The molecule has 0 atom stereocenters. The van der Waals surface area contributed by atoms with Crippen LogP contribution in [0.5, 0.6) is 0 Å². The summed E-state index contributed by atoms with van der Waals surface area (Å²) in [6.45, 7) is 2.14. The number of aliphatic imine (C=N–C) groups is 1. The van der Waals surface area contributed by atoms with Crippen molar-refractivity contribution in [3.63, 3.8) is 0 Å². The Kier molecular flexibility index (Phi) is 2.84. The molecule has 1 aliphatic rings. The van der Waals surface area contributed by atoms with Crippen molar-refractivity contribution in [2.24, 2.45) is 4.99 Å². The normalized spacial score (nSPS) is 18.0. The van der Waals surface area contributed by atoms with Crippen LogP contribution in [0.3, 0.4) is 0 Å². The summed E-state index contributed by atoms with van der Waals surface area (Å²) in [5.41, 5.74) is 2.61. The van der Waals surface area contributed by atoms with Crippen molar-refractivity contribution >= 4 is 6.21 Å². The fourth-order valence-electron chi connectivity index (χ4n) is 1.04. The van der Waals surface area contributed by atoms with Gasteiger partial charge in [0.25, 0.3) is 0 Å². The highest BCUT2D eigenvalue weighted by Crippen LogP contribution is 2.11. The fraction of sp³-hybridized carbons (Fsp3) is 0.300. The standard InChI is InChI=1S/C10H13N/c1-9-6-4-3-5-7-10(9)8-11-2/h3-5,7-8H,6H2,1-2H3. The summed E-state index contributed by atoms with van der Waals surface area (Å²) < 4.78 is 0. The monoisotopic (exact) mass is 147 g/mol. The molecule has 0 saturated heterocycles. The molecule has 11 heavy (non-hydrogen) atoms. The van der Waals surface area contributed by atoms with E-state index in [9.17, 15) is 0 Å². The van der Waals surface area contributed by atoms with Crippen LogP contribution in [0.15, 0.2) is 40.4 Å². The molecule has 1 rings (SSSR count). The molecule has 0 N–H and O–H groups in total. The Hall–Kier alpha value is -1.11. The van der Waals surface area contributed by atoms with Crippen molar-refractivity contribution in [3.05, 3.63) is 35.5 Å². The third-order valence-corrected chi connectivity index (χ3v) is 1.71. The topological polar surface area (TPSA) is 12.4 Å². The van der Waals surface area contributed by atoms with E-state index in [1.165, 1.54) is 11.1 Å². The van der Waals surface area contributed by atoms with Crippen LogP contribution in [-0.2, 0) is 0 Å². The first-order valence-corrected chi connectivity index (χ1v) is 3.79. The van der Waals surface area contributed by atoms with Gasteiger partial charge < -0.3 is 0 Å². The maximum atomic E-state index is 3.99. The van der Waals surface area contributed by atoms with E-state index >= 15 is 0 Å². The molecule has 0 aromatic carbocycles. The highest BCUT2D eigenvalue weighted by molar-refractivity contribution is 5.83. The molecule has 0 radical (unpaired) electrons. The first-order chi connectivity index (χ1) is 5.34. The first kappa shape index (κ1) is 7.99. The van der Waals surface area contributed by atoms with E-state index in [-0.39, 0.29) is 0 Å². The van der Waals surface area contributed by atoms with Gasteiger partial charge in [0.15, 0.2) is 0 Å². The first-order valence-electron chi connectivity index (χ1n) is 3.79. The molecule has 58 valence electrons. The van der Waals surface area contributed by atoms with Gasteiger partial charge in [0, 0.05) is 13.3 Å². The van der Waals surface area contributed by atoms with E-state index < -0.39 is 0 Å². The van der Waals surface area contributed by atoms with Gasteiger partial charge in [-0.15, -0.1) is 0 Å². The molecule has 0 spiro atoms. The van der Waals surface area contributed by atoms with Crippen LogP contribution in [-0.4, -0.2) is 13.3 Å². The van der Waals surface area contributed by atoms with Crippen molar-refractivity contribution in [1.82, 2.24) is 0 Å². The zero-order valence-corrected chi connectivity index (χ0v) is 7.04. The Morgan fingerprint density at radius 1 is 1.45 bits per heavy atom. The molecule has 1 heteroatoms. The van der Waals surface area contributed by atoms with Crippen LogP contribution in [0.1, 0.15) is 13.3 Å². The van der Waals surface area contributed by atoms with E-state index in [0.717, 1.165) is 6.42 Å². The number of allylic oxidation sites excluding steroid dienone is 6. The Balaban J connectivity index is 2.89. The van der Waals surface area contributed by atoms with Crippen LogP contribution in [0.25, 0.3) is 0 Å². The highest BCUT2D eigenvalue weighted by Gasteiger charge is 1.95. The molecule has 0 unspecified atom stereocenters. The lowest BCUT2D eigenvalue weighted by atomic mass is 10.1. The largest absolute Gasteiger partial charge is 0.296 e. The van der Waals surface area contributed by atoms with E-state index in [2.05, 4.69) is 30.1 Å². The summed E-state index contributed by atoms with van der Waals surface area (Å²) in [6, 6.07) is 0. The summed E-state index contributed by atoms with van der Waals surface area (Å²) in [5, 5.41) is 0. The van der Waals surface area contributed by atoms with Crippen molar-refractivity contribution in [3.8, 4) is 0 Å². The molecule has 1 aliphatic carbocycles. The minimum absolute atomic E-state index is 1.04. The molecule has 0 heterocycles. The van der Waals surface area contributed by atoms with E-state index in [4.69, 9.17) is 0 Å². The zero-order chi connectivity index (χ0) is 8.10. The van der Waals surface area contributed by atoms with Crippen molar-refractivity contribution in [2.75, 3.05) is 7.05 Å². The predicted molar refractivity (Wildman–Crippen MR) is 50.0 cm³/mol. The van der Waals surface area contributed by atoms with E-state index in [0.29, 0.717) is 0 Å². The average molecular weight is 147 g/mol. The maximum Gasteiger partial charge on any atom is 0.0280 e. The third-order valence-electron chi connectivity index (χ3n) is 1.71. The second-order valence-corrected chi connectivity index (χ2v) is 2.61. The number of rotatable bonds is 1. The van der Waals surface area contributed by atoms with Gasteiger partial charge in [-0.2, -0.15) is 0 Å². The number of hydrogen-bond acceptors (Lipinski definition) is 1. The zero-order valence-electron chi connectivity index (χ0n) is 7.04. The van der Waals surface area contributed by atoms with Gasteiger partial charge in [-0.1, -0.05) is 29.9 Å². The molecule has 1 nitrogen and oxygen atoms in total. The Bertz CT molecular complexity index is 242. The van der Waals surface area contributed by atoms with Crippen LogP contribution in [0.4, 0.5) is 0 Å². The molecule has 0 amide bonds. The van der Waals surface area contributed by atoms with Crippen molar-refractivity contribution < 1.29 is 0 Å². The third kappa shape index (κ3) is 2.19. The molecule has 0 fully saturated rings. The van der Waals surface area contributed by atoms with Gasteiger partial charge >= 0.3 is 0 Å². The van der Waals surface area contributed by atoms with Gasteiger partial charge in [-0.3, -0.25) is 4.99 Å². The van der Waals surface area contributed by atoms with Crippen molar-refractivity contribution in [2.45, 2.75) is 13.3 Å². The molecule has 0 bridgehead atoms.